The molecule has 0 radical (unpaired) electrons. The lowest BCUT2D eigenvalue weighted by Crippen LogP contribution is -2.18. The van der Waals surface area contributed by atoms with Gasteiger partial charge in [-0.25, -0.2) is 4.98 Å². The summed E-state index contributed by atoms with van der Waals surface area (Å²) in [6.45, 7) is 3.44. The number of rotatable bonds is 5. The van der Waals surface area contributed by atoms with E-state index in [1.54, 1.807) is 19.9 Å². The summed E-state index contributed by atoms with van der Waals surface area (Å²) in [5.41, 5.74) is 1.10. The van der Waals surface area contributed by atoms with Crippen LogP contribution in [-0.2, 0) is 9.59 Å². The topological polar surface area (TPSA) is 79.3 Å². The van der Waals surface area contributed by atoms with Crippen LogP contribution in [0.3, 0.4) is 0 Å². The Hall–Kier alpha value is -1.33. The van der Waals surface area contributed by atoms with Crippen LogP contribution in [0.1, 0.15) is 25.3 Å². The number of carbonyl (C=O) groups excluding carboxylic acids is 1. The lowest BCUT2D eigenvalue weighted by Gasteiger charge is -2.12. The van der Waals surface area contributed by atoms with Crippen LogP contribution in [-0.4, -0.2) is 22.0 Å². The maximum Gasteiger partial charge on any atom is 0.303 e. The van der Waals surface area contributed by atoms with Gasteiger partial charge in [-0.3, -0.25) is 9.59 Å². The molecule has 0 aliphatic heterocycles. The van der Waals surface area contributed by atoms with Crippen LogP contribution in [0.25, 0.3) is 0 Å². The third-order valence-electron chi connectivity index (χ3n) is 2.46. The average Bonchev–Trinajstić information content (AvgIpc) is 2.21. The van der Waals surface area contributed by atoms with E-state index in [1.807, 2.05) is 0 Å². The lowest BCUT2D eigenvalue weighted by molar-refractivity contribution is -0.138. The Labute approximate surface area is 120 Å². The molecular weight excluding hydrogens is 291 g/mol. The molecule has 19 heavy (non-hydrogen) atoms. The SMILES string of the molecule is Cc1cc(Cl)nc(Cl)c1NC(=O)CC(C)CC(=O)O. The molecule has 0 aromatic carbocycles. The standard InChI is InChI=1S/C12H14Cl2N2O3/c1-6(4-10(18)19)3-9(17)16-11-7(2)5-8(13)15-12(11)14/h5-6H,3-4H2,1-2H3,(H,16,17)(H,18,19). The fourth-order valence-electron chi connectivity index (χ4n) is 1.62. The Morgan fingerprint density at radius 2 is 2.05 bits per heavy atom. The Balaban J connectivity index is 2.70. The first kappa shape index (κ1) is 15.7. The van der Waals surface area contributed by atoms with Crippen LogP contribution in [0.4, 0.5) is 5.69 Å². The van der Waals surface area contributed by atoms with Gasteiger partial charge in [0.05, 0.1) is 5.69 Å². The Morgan fingerprint density at radius 1 is 1.42 bits per heavy atom. The summed E-state index contributed by atoms with van der Waals surface area (Å²) in [6.07, 6.45) is 0.0453. The summed E-state index contributed by atoms with van der Waals surface area (Å²) in [7, 11) is 0. The molecule has 0 saturated heterocycles. The van der Waals surface area contributed by atoms with Gasteiger partial charge in [0.25, 0.3) is 0 Å². The summed E-state index contributed by atoms with van der Waals surface area (Å²) in [5.74, 6) is -1.48. The molecule has 1 atom stereocenters. The Bertz CT molecular complexity index is 483. The number of hydrogen-bond donors (Lipinski definition) is 2. The van der Waals surface area contributed by atoms with E-state index >= 15 is 0 Å². The summed E-state index contributed by atoms with van der Waals surface area (Å²) in [6, 6.07) is 1.59. The van der Waals surface area contributed by atoms with Crippen LogP contribution in [0.15, 0.2) is 6.07 Å². The molecule has 1 rings (SSSR count). The van der Waals surface area contributed by atoms with Crippen LogP contribution in [0.5, 0.6) is 0 Å². The molecule has 7 heteroatoms. The zero-order valence-corrected chi connectivity index (χ0v) is 12.0. The summed E-state index contributed by atoms with van der Waals surface area (Å²) in [4.78, 5) is 26.1. The van der Waals surface area contributed by atoms with Crippen molar-refractivity contribution in [3.05, 3.63) is 21.9 Å². The van der Waals surface area contributed by atoms with Gasteiger partial charge in [0.1, 0.15) is 5.15 Å². The number of nitrogens with one attached hydrogen (secondary N) is 1. The zero-order valence-electron chi connectivity index (χ0n) is 10.5. The first-order valence-electron chi connectivity index (χ1n) is 5.64. The normalized spacial score (nSPS) is 12.0. The molecular formula is C12H14Cl2N2O3. The highest BCUT2D eigenvalue weighted by Crippen LogP contribution is 2.26. The minimum atomic E-state index is -0.928. The van der Waals surface area contributed by atoms with Gasteiger partial charge in [0.15, 0.2) is 5.15 Å². The monoisotopic (exact) mass is 304 g/mol. The van der Waals surface area contributed by atoms with Gasteiger partial charge in [-0.2, -0.15) is 0 Å². The number of halogens is 2. The number of nitrogens with zero attached hydrogens (tertiary/aromatic N) is 1. The number of aryl methyl sites for hydroxylation is 1. The second-order valence-electron chi connectivity index (χ2n) is 4.38. The van der Waals surface area contributed by atoms with Crippen LogP contribution >= 0.6 is 23.2 Å². The average molecular weight is 305 g/mol. The van der Waals surface area contributed by atoms with Gasteiger partial charge in [-0.1, -0.05) is 30.1 Å². The van der Waals surface area contributed by atoms with Crippen LogP contribution in [0.2, 0.25) is 10.3 Å². The molecule has 0 bridgehead atoms. The molecule has 1 aromatic heterocycles. The van der Waals surface area contributed by atoms with Gasteiger partial charge >= 0.3 is 5.97 Å². The van der Waals surface area contributed by atoms with E-state index in [9.17, 15) is 9.59 Å². The zero-order chi connectivity index (χ0) is 14.6. The first-order valence-corrected chi connectivity index (χ1v) is 6.39. The minimum Gasteiger partial charge on any atom is -0.481 e. The third kappa shape index (κ3) is 5.04. The largest absolute Gasteiger partial charge is 0.481 e. The highest BCUT2D eigenvalue weighted by molar-refractivity contribution is 6.34. The fourth-order valence-corrected chi connectivity index (χ4v) is 2.20. The van der Waals surface area contributed by atoms with E-state index in [2.05, 4.69) is 10.3 Å². The summed E-state index contributed by atoms with van der Waals surface area (Å²) < 4.78 is 0. The predicted molar refractivity (Wildman–Crippen MR) is 73.7 cm³/mol. The van der Waals surface area contributed by atoms with Crippen LogP contribution < -0.4 is 5.32 Å². The molecule has 104 valence electrons. The van der Waals surface area contributed by atoms with Crippen molar-refractivity contribution in [2.45, 2.75) is 26.7 Å². The number of carbonyl (C=O) groups is 2. The highest BCUT2D eigenvalue weighted by Gasteiger charge is 2.15. The molecule has 0 aliphatic carbocycles. The van der Waals surface area contributed by atoms with Crippen LogP contribution in [0, 0.1) is 12.8 Å². The van der Waals surface area contributed by atoms with Crippen molar-refractivity contribution in [2.24, 2.45) is 5.92 Å². The number of aromatic nitrogens is 1. The first-order chi connectivity index (χ1) is 8.79. The Morgan fingerprint density at radius 3 is 2.58 bits per heavy atom. The van der Waals surface area contributed by atoms with E-state index in [0.717, 1.165) is 0 Å². The molecule has 0 aliphatic rings. The van der Waals surface area contributed by atoms with Gasteiger partial charge < -0.3 is 10.4 Å². The number of carboxylic acids is 1. The Kier molecular flexibility index (Phi) is 5.57. The van der Waals surface area contributed by atoms with Crippen molar-refractivity contribution in [3.63, 3.8) is 0 Å². The molecule has 1 amide bonds. The number of aliphatic carboxylic acids is 1. The van der Waals surface area contributed by atoms with Gasteiger partial charge in [0, 0.05) is 12.8 Å². The second-order valence-corrected chi connectivity index (χ2v) is 5.13. The molecule has 0 fully saturated rings. The number of pyridine rings is 1. The van der Waals surface area contributed by atoms with Gasteiger partial charge in [-0.05, 0) is 24.5 Å². The van der Waals surface area contributed by atoms with Gasteiger partial charge in [0.2, 0.25) is 5.91 Å². The predicted octanol–water partition coefficient (Wildman–Crippen LogP) is 3.14. The van der Waals surface area contributed by atoms with Crippen molar-refractivity contribution < 1.29 is 14.7 Å². The molecule has 0 spiro atoms. The molecule has 0 saturated carbocycles. The molecule has 2 N–H and O–H groups in total. The smallest absolute Gasteiger partial charge is 0.303 e. The maximum atomic E-state index is 11.8. The van der Waals surface area contributed by atoms with E-state index in [-0.39, 0.29) is 35.0 Å². The van der Waals surface area contributed by atoms with E-state index in [0.29, 0.717) is 11.3 Å². The lowest BCUT2D eigenvalue weighted by atomic mass is 10.0. The minimum absolute atomic E-state index is 0.0565. The van der Waals surface area contributed by atoms with E-state index in [4.69, 9.17) is 28.3 Å². The van der Waals surface area contributed by atoms with Crippen molar-refractivity contribution >= 4 is 40.8 Å². The van der Waals surface area contributed by atoms with E-state index < -0.39 is 5.97 Å². The van der Waals surface area contributed by atoms with Crippen molar-refractivity contribution in [1.82, 2.24) is 4.98 Å². The van der Waals surface area contributed by atoms with Crippen molar-refractivity contribution in [1.29, 1.82) is 0 Å². The number of hydrogen-bond acceptors (Lipinski definition) is 3. The number of carboxylic acid groups (broad SMARTS) is 1. The molecule has 5 nitrogen and oxygen atoms in total. The highest BCUT2D eigenvalue weighted by atomic mass is 35.5. The molecule has 1 heterocycles. The number of amides is 1. The second kappa shape index (κ2) is 6.73. The van der Waals surface area contributed by atoms with Crippen molar-refractivity contribution in [3.8, 4) is 0 Å². The summed E-state index contributed by atoms with van der Waals surface area (Å²) >= 11 is 11.6. The maximum absolute atomic E-state index is 11.8. The van der Waals surface area contributed by atoms with E-state index in [1.165, 1.54) is 0 Å². The van der Waals surface area contributed by atoms with Gasteiger partial charge in [-0.15, -0.1) is 0 Å². The fraction of sp³-hybridized carbons (Fsp3) is 0.417. The number of anilines is 1. The molecule has 1 aromatic rings. The third-order valence-corrected chi connectivity index (χ3v) is 2.93. The quantitative estimate of drug-likeness (QED) is 0.819. The molecule has 1 unspecified atom stereocenters. The van der Waals surface area contributed by atoms with Crippen molar-refractivity contribution in [2.75, 3.05) is 5.32 Å². The summed E-state index contributed by atoms with van der Waals surface area (Å²) in [5, 5.41) is 11.6.